The van der Waals surface area contributed by atoms with E-state index in [1.165, 1.54) is 0 Å². The van der Waals surface area contributed by atoms with Gasteiger partial charge in [0.15, 0.2) is 0 Å². The molecule has 0 aliphatic heterocycles. The molecule has 1 aromatic rings. The molecule has 74 valence electrons. The van der Waals surface area contributed by atoms with Crippen molar-refractivity contribution < 1.29 is 4.74 Å². The summed E-state index contributed by atoms with van der Waals surface area (Å²) in [5.74, 6) is 0.758. The summed E-state index contributed by atoms with van der Waals surface area (Å²) >= 11 is 0. The highest BCUT2D eigenvalue weighted by Crippen LogP contribution is 2.21. The van der Waals surface area contributed by atoms with Gasteiger partial charge < -0.3 is 4.74 Å². The van der Waals surface area contributed by atoms with Crippen LogP contribution in [0.2, 0.25) is 0 Å². The Bertz CT molecular complexity index is 369. The number of benzene rings is 1. The summed E-state index contributed by atoms with van der Waals surface area (Å²) in [5.41, 5.74) is 1.47. The number of nitriles is 1. The van der Waals surface area contributed by atoms with E-state index >= 15 is 0 Å². The molecule has 1 aromatic carbocycles. The van der Waals surface area contributed by atoms with Crippen LogP contribution in [0.15, 0.2) is 18.2 Å². The van der Waals surface area contributed by atoms with Crippen molar-refractivity contribution in [2.75, 3.05) is 0 Å². The van der Waals surface area contributed by atoms with Crippen LogP contribution in [0.3, 0.4) is 0 Å². The number of nitrogens with zero attached hydrogens (tertiary/aromatic N) is 1. The monoisotopic (exact) mass is 189 g/mol. The van der Waals surface area contributed by atoms with Crippen LogP contribution < -0.4 is 4.74 Å². The Morgan fingerprint density at radius 3 is 2.36 bits per heavy atom. The van der Waals surface area contributed by atoms with Crippen LogP contribution in [-0.4, -0.2) is 5.60 Å². The second-order valence-corrected chi connectivity index (χ2v) is 4.36. The van der Waals surface area contributed by atoms with E-state index in [0.717, 1.165) is 11.3 Å². The Morgan fingerprint density at radius 2 is 1.86 bits per heavy atom. The quantitative estimate of drug-likeness (QED) is 0.680. The fraction of sp³-hybridized carbons (Fsp3) is 0.417. The zero-order valence-electron chi connectivity index (χ0n) is 9.09. The number of aryl methyl sites for hydroxylation is 1. The number of ether oxygens (including phenoxy) is 1. The second kappa shape index (κ2) is 3.71. The smallest absolute Gasteiger partial charge is 0.121 e. The maximum absolute atomic E-state index is 8.78. The lowest BCUT2D eigenvalue weighted by Crippen LogP contribution is -2.23. The summed E-state index contributed by atoms with van der Waals surface area (Å²) in [5, 5.41) is 8.78. The van der Waals surface area contributed by atoms with Gasteiger partial charge in [-0.15, -0.1) is 0 Å². The Kier molecular flexibility index (Phi) is 2.81. The van der Waals surface area contributed by atoms with Gasteiger partial charge in [0.25, 0.3) is 0 Å². The summed E-state index contributed by atoms with van der Waals surface area (Å²) in [6, 6.07) is 7.66. The maximum atomic E-state index is 8.78. The molecule has 0 saturated carbocycles. The van der Waals surface area contributed by atoms with Crippen LogP contribution in [0.25, 0.3) is 0 Å². The predicted molar refractivity (Wildman–Crippen MR) is 56.3 cm³/mol. The van der Waals surface area contributed by atoms with Crippen LogP contribution in [0, 0.1) is 18.3 Å². The van der Waals surface area contributed by atoms with Crippen LogP contribution in [-0.2, 0) is 0 Å². The van der Waals surface area contributed by atoms with Crippen molar-refractivity contribution in [3.05, 3.63) is 29.3 Å². The van der Waals surface area contributed by atoms with Crippen molar-refractivity contribution in [2.24, 2.45) is 0 Å². The van der Waals surface area contributed by atoms with Crippen LogP contribution in [0.4, 0.5) is 0 Å². The van der Waals surface area contributed by atoms with E-state index in [9.17, 15) is 0 Å². The van der Waals surface area contributed by atoms with Crippen molar-refractivity contribution in [1.82, 2.24) is 0 Å². The first-order chi connectivity index (χ1) is 6.40. The highest BCUT2D eigenvalue weighted by atomic mass is 16.5. The van der Waals surface area contributed by atoms with Crippen molar-refractivity contribution in [1.29, 1.82) is 5.26 Å². The van der Waals surface area contributed by atoms with Crippen LogP contribution >= 0.6 is 0 Å². The molecule has 0 heterocycles. The van der Waals surface area contributed by atoms with Gasteiger partial charge in [-0.3, -0.25) is 0 Å². The zero-order chi connectivity index (χ0) is 10.8. The Hall–Kier alpha value is -1.49. The summed E-state index contributed by atoms with van der Waals surface area (Å²) in [4.78, 5) is 0. The lowest BCUT2D eigenvalue weighted by molar-refractivity contribution is 0.131. The highest BCUT2D eigenvalue weighted by molar-refractivity contribution is 5.40. The third-order valence-electron chi connectivity index (χ3n) is 1.60. The van der Waals surface area contributed by atoms with Gasteiger partial charge >= 0.3 is 0 Å². The normalized spacial score (nSPS) is 10.8. The van der Waals surface area contributed by atoms with Gasteiger partial charge in [-0.1, -0.05) is 0 Å². The molecule has 14 heavy (non-hydrogen) atoms. The summed E-state index contributed by atoms with van der Waals surface area (Å²) in [6.07, 6.45) is 0. The van der Waals surface area contributed by atoms with E-state index < -0.39 is 0 Å². The predicted octanol–water partition coefficient (Wildman–Crippen LogP) is 3.04. The highest BCUT2D eigenvalue weighted by Gasteiger charge is 2.12. The van der Waals surface area contributed by atoms with Gasteiger partial charge in [-0.25, -0.2) is 0 Å². The molecule has 0 aromatic heterocycles. The van der Waals surface area contributed by atoms with Gasteiger partial charge in [0, 0.05) is 0 Å². The largest absolute Gasteiger partial charge is 0.488 e. The van der Waals surface area contributed by atoms with E-state index in [2.05, 4.69) is 6.07 Å². The van der Waals surface area contributed by atoms with Crippen molar-refractivity contribution in [3.8, 4) is 11.8 Å². The molecule has 0 aliphatic rings. The maximum Gasteiger partial charge on any atom is 0.121 e. The lowest BCUT2D eigenvalue weighted by Gasteiger charge is -2.21. The molecule has 0 spiro atoms. The average molecular weight is 189 g/mol. The Labute approximate surface area is 85.1 Å². The van der Waals surface area contributed by atoms with Gasteiger partial charge in [0.2, 0.25) is 0 Å². The number of hydrogen-bond donors (Lipinski definition) is 0. The van der Waals surface area contributed by atoms with Crippen molar-refractivity contribution >= 4 is 0 Å². The molecule has 0 amide bonds. The lowest BCUT2D eigenvalue weighted by atomic mass is 10.1. The van der Waals surface area contributed by atoms with Crippen LogP contribution in [0.1, 0.15) is 31.9 Å². The van der Waals surface area contributed by atoms with Gasteiger partial charge in [-0.05, 0) is 51.5 Å². The van der Waals surface area contributed by atoms with Gasteiger partial charge in [0.1, 0.15) is 11.4 Å². The fourth-order valence-electron chi connectivity index (χ4n) is 1.22. The standard InChI is InChI=1S/C12H15NO/c1-9-5-10(8-13)7-11(6-9)14-12(2,3)4/h5-7H,1-4H3. The average Bonchev–Trinajstić information content (AvgIpc) is 1.99. The van der Waals surface area contributed by atoms with E-state index in [0.29, 0.717) is 5.56 Å². The van der Waals surface area contributed by atoms with Crippen molar-refractivity contribution in [2.45, 2.75) is 33.3 Å². The summed E-state index contributed by atoms with van der Waals surface area (Å²) in [7, 11) is 0. The third-order valence-corrected chi connectivity index (χ3v) is 1.60. The van der Waals surface area contributed by atoms with E-state index in [4.69, 9.17) is 10.00 Å². The molecule has 0 atom stereocenters. The minimum absolute atomic E-state index is 0.222. The SMILES string of the molecule is Cc1cc(C#N)cc(OC(C)(C)C)c1. The minimum atomic E-state index is -0.222. The van der Waals surface area contributed by atoms with Crippen molar-refractivity contribution in [3.63, 3.8) is 0 Å². The molecule has 0 saturated heterocycles. The Morgan fingerprint density at radius 1 is 1.21 bits per heavy atom. The molecular weight excluding hydrogens is 174 g/mol. The first kappa shape index (κ1) is 10.6. The van der Waals surface area contributed by atoms with Gasteiger partial charge in [0.05, 0.1) is 11.6 Å². The fourth-order valence-corrected chi connectivity index (χ4v) is 1.22. The molecule has 0 fully saturated rings. The summed E-state index contributed by atoms with van der Waals surface area (Å²) in [6.45, 7) is 7.92. The molecule has 1 rings (SSSR count). The van der Waals surface area contributed by atoms with E-state index in [1.807, 2.05) is 39.8 Å². The summed E-state index contributed by atoms with van der Waals surface area (Å²) < 4.78 is 5.67. The number of hydrogen-bond acceptors (Lipinski definition) is 2. The number of rotatable bonds is 1. The minimum Gasteiger partial charge on any atom is -0.488 e. The topological polar surface area (TPSA) is 33.0 Å². The zero-order valence-corrected chi connectivity index (χ0v) is 9.09. The molecule has 0 unspecified atom stereocenters. The van der Waals surface area contributed by atoms with Crippen LogP contribution in [0.5, 0.6) is 5.75 Å². The molecule has 2 heteroatoms. The molecule has 0 aliphatic carbocycles. The molecule has 2 nitrogen and oxygen atoms in total. The molecular formula is C12H15NO. The van der Waals surface area contributed by atoms with Gasteiger partial charge in [-0.2, -0.15) is 5.26 Å². The molecule has 0 bridgehead atoms. The second-order valence-electron chi connectivity index (χ2n) is 4.36. The molecule has 0 N–H and O–H groups in total. The van der Waals surface area contributed by atoms with E-state index in [1.54, 1.807) is 6.07 Å². The molecule has 0 radical (unpaired) electrons. The third kappa shape index (κ3) is 3.10. The van der Waals surface area contributed by atoms with E-state index in [-0.39, 0.29) is 5.60 Å². The first-order valence-electron chi connectivity index (χ1n) is 4.61. The Balaban J connectivity index is 3.00. The first-order valence-corrected chi connectivity index (χ1v) is 4.61.